The molecule has 1 saturated heterocycles. The van der Waals surface area contributed by atoms with E-state index in [0.29, 0.717) is 24.7 Å². The maximum Gasteiger partial charge on any atom is 0.279 e. The van der Waals surface area contributed by atoms with Gasteiger partial charge in [-0.1, -0.05) is 25.1 Å². The smallest absolute Gasteiger partial charge is 0.279 e. The maximum atomic E-state index is 12.2. The lowest BCUT2D eigenvalue weighted by atomic mass is 10.0. The molecule has 1 fully saturated rings. The summed E-state index contributed by atoms with van der Waals surface area (Å²) in [6.07, 6.45) is 1.85. The summed E-state index contributed by atoms with van der Waals surface area (Å²) in [6.45, 7) is 3.59. The Bertz CT molecular complexity index is 522. The Hall–Kier alpha value is -1.11. The maximum absolute atomic E-state index is 12.2. The van der Waals surface area contributed by atoms with Crippen LogP contribution >= 0.6 is 0 Å². The molecule has 1 aromatic rings. The molecule has 0 amide bonds. The number of piperidine rings is 1. The molecule has 0 bridgehead atoms. The molecule has 0 aliphatic carbocycles. The number of hydrogen-bond acceptors (Lipinski definition) is 3. The van der Waals surface area contributed by atoms with E-state index in [2.05, 4.69) is 11.6 Å². The molecular weight excluding hydrogens is 262 g/mol. The van der Waals surface area contributed by atoms with Gasteiger partial charge in [0.1, 0.15) is 0 Å². The summed E-state index contributed by atoms with van der Waals surface area (Å²) >= 11 is 0. The normalized spacial score (nSPS) is 18.6. The van der Waals surface area contributed by atoms with Crippen molar-refractivity contribution in [2.45, 2.75) is 26.3 Å². The lowest BCUT2D eigenvalue weighted by Gasteiger charge is -2.29. The highest BCUT2D eigenvalue weighted by Gasteiger charge is 2.25. The van der Waals surface area contributed by atoms with Gasteiger partial charge in [0.05, 0.1) is 0 Å². The Kier molecular flexibility index (Phi) is 4.44. The number of para-hydroxylation sites is 1. The first-order chi connectivity index (χ1) is 8.99. The summed E-state index contributed by atoms with van der Waals surface area (Å²) in [6, 6.07) is 7.28. The first-order valence-electron chi connectivity index (χ1n) is 6.57. The van der Waals surface area contributed by atoms with Crippen LogP contribution < -0.4 is 10.5 Å². The van der Waals surface area contributed by atoms with Crippen LogP contribution in [0.3, 0.4) is 0 Å². The van der Waals surface area contributed by atoms with Crippen molar-refractivity contribution < 1.29 is 8.42 Å². The topological polar surface area (TPSA) is 75.4 Å². The van der Waals surface area contributed by atoms with Gasteiger partial charge >= 0.3 is 0 Å². The molecule has 3 N–H and O–H groups in total. The summed E-state index contributed by atoms with van der Waals surface area (Å²) in [5.41, 5.74) is 7.21. The molecule has 0 radical (unpaired) electrons. The fourth-order valence-electron chi connectivity index (χ4n) is 2.18. The SMILES string of the molecule is CC1CCN(S(=O)(=O)NCc2ccccc2N)CC1. The molecule has 1 aliphatic rings. The van der Waals surface area contributed by atoms with Gasteiger partial charge in [-0.15, -0.1) is 0 Å². The minimum atomic E-state index is -3.39. The van der Waals surface area contributed by atoms with Crippen molar-refractivity contribution >= 4 is 15.9 Å². The van der Waals surface area contributed by atoms with Gasteiger partial charge in [-0.2, -0.15) is 17.4 Å². The molecule has 5 nitrogen and oxygen atoms in total. The van der Waals surface area contributed by atoms with Crippen LogP contribution in [-0.2, 0) is 16.8 Å². The van der Waals surface area contributed by atoms with E-state index in [1.165, 1.54) is 4.31 Å². The van der Waals surface area contributed by atoms with Gasteiger partial charge in [0.25, 0.3) is 10.2 Å². The highest BCUT2D eigenvalue weighted by molar-refractivity contribution is 7.87. The van der Waals surface area contributed by atoms with Gasteiger partial charge in [-0.25, -0.2) is 0 Å². The minimum absolute atomic E-state index is 0.237. The molecule has 0 saturated carbocycles. The van der Waals surface area contributed by atoms with Crippen molar-refractivity contribution in [3.8, 4) is 0 Å². The Balaban J connectivity index is 1.96. The Morgan fingerprint density at radius 3 is 2.58 bits per heavy atom. The molecular formula is C13H21N3O2S. The number of nitrogen functional groups attached to an aromatic ring is 1. The molecule has 19 heavy (non-hydrogen) atoms. The molecule has 0 unspecified atom stereocenters. The zero-order chi connectivity index (χ0) is 13.9. The largest absolute Gasteiger partial charge is 0.398 e. The summed E-state index contributed by atoms with van der Waals surface area (Å²) in [7, 11) is -3.39. The zero-order valence-electron chi connectivity index (χ0n) is 11.2. The average Bonchev–Trinajstić information content (AvgIpc) is 2.38. The highest BCUT2D eigenvalue weighted by Crippen LogP contribution is 2.18. The van der Waals surface area contributed by atoms with Gasteiger partial charge in [-0.05, 0) is 30.4 Å². The second kappa shape index (κ2) is 5.90. The number of nitrogens with zero attached hydrogens (tertiary/aromatic N) is 1. The van der Waals surface area contributed by atoms with Crippen molar-refractivity contribution in [1.82, 2.24) is 9.03 Å². The Labute approximate surface area is 115 Å². The van der Waals surface area contributed by atoms with Crippen LogP contribution in [0.5, 0.6) is 0 Å². The average molecular weight is 283 g/mol. The molecule has 1 heterocycles. The minimum Gasteiger partial charge on any atom is -0.398 e. The molecule has 106 valence electrons. The molecule has 0 spiro atoms. The van der Waals surface area contributed by atoms with Crippen LogP contribution in [0.2, 0.25) is 0 Å². The van der Waals surface area contributed by atoms with E-state index >= 15 is 0 Å². The third-order valence-corrected chi connectivity index (χ3v) is 5.14. The summed E-state index contributed by atoms with van der Waals surface area (Å²) in [4.78, 5) is 0. The van der Waals surface area contributed by atoms with Crippen molar-refractivity contribution in [2.24, 2.45) is 5.92 Å². The van der Waals surface area contributed by atoms with E-state index in [1.54, 1.807) is 6.07 Å². The first-order valence-corrected chi connectivity index (χ1v) is 8.01. The van der Waals surface area contributed by atoms with E-state index in [1.807, 2.05) is 18.2 Å². The van der Waals surface area contributed by atoms with E-state index < -0.39 is 10.2 Å². The predicted molar refractivity (Wildman–Crippen MR) is 76.6 cm³/mol. The van der Waals surface area contributed by atoms with Crippen LogP contribution in [0.15, 0.2) is 24.3 Å². The number of anilines is 1. The van der Waals surface area contributed by atoms with Gasteiger partial charge in [0.15, 0.2) is 0 Å². The Morgan fingerprint density at radius 1 is 1.32 bits per heavy atom. The second-order valence-electron chi connectivity index (χ2n) is 5.11. The van der Waals surface area contributed by atoms with Crippen LogP contribution in [-0.4, -0.2) is 25.8 Å². The van der Waals surface area contributed by atoms with E-state index in [9.17, 15) is 8.42 Å². The van der Waals surface area contributed by atoms with E-state index in [4.69, 9.17) is 5.73 Å². The Morgan fingerprint density at radius 2 is 1.95 bits per heavy atom. The number of nitrogens with one attached hydrogen (secondary N) is 1. The number of benzene rings is 1. The van der Waals surface area contributed by atoms with Gasteiger partial charge in [0, 0.05) is 25.3 Å². The third-order valence-electron chi connectivity index (χ3n) is 3.58. The van der Waals surface area contributed by atoms with Crippen molar-refractivity contribution in [1.29, 1.82) is 0 Å². The zero-order valence-corrected chi connectivity index (χ0v) is 12.0. The number of rotatable bonds is 4. The van der Waals surface area contributed by atoms with Crippen molar-refractivity contribution in [3.05, 3.63) is 29.8 Å². The third kappa shape index (κ3) is 3.68. The molecule has 1 aromatic carbocycles. The molecule has 0 aromatic heterocycles. The van der Waals surface area contributed by atoms with Crippen LogP contribution in [0.4, 0.5) is 5.69 Å². The summed E-state index contributed by atoms with van der Waals surface area (Å²) in [5, 5.41) is 0. The van der Waals surface area contributed by atoms with Gasteiger partial charge in [-0.3, -0.25) is 0 Å². The molecule has 0 atom stereocenters. The second-order valence-corrected chi connectivity index (χ2v) is 6.86. The van der Waals surface area contributed by atoms with Gasteiger partial charge in [0.2, 0.25) is 0 Å². The fraction of sp³-hybridized carbons (Fsp3) is 0.538. The van der Waals surface area contributed by atoms with Crippen LogP contribution in [0, 0.1) is 5.92 Å². The van der Waals surface area contributed by atoms with Crippen LogP contribution in [0.1, 0.15) is 25.3 Å². The number of hydrogen-bond donors (Lipinski definition) is 2. The van der Waals surface area contributed by atoms with Gasteiger partial charge < -0.3 is 5.73 Å². The highest BCUT2D eigenvalue weighted by atomic mass is 32.2. The first kappa shape index (κ1) is 14.3. The monoisotopic (exact) mass is 283 g/mol. The molecule has 2 rings (SSSR count). The summed E-state index contributed by atoms with van der Waals surface area (Å²) in [5.74, 6) is 0.608. The quantitative estimate of drug-likeness (QED) is 0.819. The lowest BCUT2D eigenvalue weighted by molar-refractivity contribution is 0.285. The fourth-order valence-corrected chi connectivity index (χ4v) is 3.39. The van der Waals surface area contributed by atoms with Crippen LogP contribution in [0.25, 0.3) is 0 Å². The predicted octanol–water partition coefficient (Wildman–Crippen LogP) is 1.34. The lowest BCUT2D eigenvalue weighted by Crippen LogP contribution is -2.44. The van der Waals surface area contributed by atoms with E-state index in [0.717, 1.165) is 18.4 Å². The molecule has 1 aliphatic heterocycles. The summed E-state index contributed by atoms with van der Waals surface area (Å²) < 4.78 is 28.4. The van der Waals surface area contributed by atoms with Crippen molar-refractivity contribution in [3.63, 3.8) is 0 Å². The van der Waals surface area contributed by atoms with Crippen molar-refractivity contribution in [2.75, 3.05) is 18.8 Å². The molecule has 6 heteroatoms. The van der Waals surface area contributed by atoms with E-state index in [-0.39, 0.29) is 6.54 Å². The number of nitrogens with two attached hydrogens (primary N) is 1. The standard InChI is InChI=1S/C13H21N3O2S/c1-11-6-8-16(9-7-11)19(17,18)15-10-12-4-2-3-5-13(12)14/h2-5,11,15H,6-10,14H2,1H3.